The summed E-state index contributed by atoms with van der Waals surface area (Å²) in [6.45, 7) is 12.7. The summed E-state index contributed by atoms with van der Waals surface area (Å²) in [5.41, 5.74) is 1.34. The van der Waals surface area contributed by atoms with E-state index in [9.17, 15) is 9.59 Å². The summed E-state index contributed by atoms with van der Waals surface area (Å²) < 4.78 is 6.10. The van der Waals surface area contributed by atoms with Crippen molar-refractivity contribution in [1.29, 1.82) is 0 Å². The number of fused-ring (bicyclic) bond motifs is 1. The molecule has 0 aromatic carbocycles. The SMILES string of the molecule is CCC(C)C(=O)OC1CC(C)C=C2C=CC(C)C(CCC(C)CC(C)CC(=O)O)C21. The number of hydrogen-bond acceptors (Lipinski definition) is 3. The van der Waals surface area contributed by atoms with Crippen LogP contribution in [0.25, 0.3) is 0 Å². The van der Waals surface area contributed by atoms with E-state index in [0.29, 0.717) is 23.7 Å². The number of esters is 1. The first-order chi connectivity index (χ1) is 14.1. The van der Waals surface area contributed by atoms with Crippen LogP contribution in [-0.4, -0.2) is 23.1 Å². The molecular formula is C26H42O4. The van der Waals surface area contributed by atoms with E-state index in [0.717, 1.165) is 32.1 Å². The third-order valence-corrected chi connectivity index (χ3v) is 7.20. The fourth-order valence-corrected chi connectivity index (χ4v) is 5.32. The molecule has 0 aliphatic heterocycles. The molecule has 2 rings (SSSR count). The zero-order valence-electron chi connectivity index (χ0n) is 19.8. The van der Waals surface area contributed by atoms with Gasteiger partial charge < -0.3 is 9.84 Å². The van der Waals surface area contributed by atoms with E-state index >= 15 is 0 Å². The van der Waals surface area contributed by atoms with Crippen LogP contribution in [0.2, 0.25) is 0 Å². The lowest BCUT2D eigenvalue weighted by Crippen LogP contribution is -2.41. The van der Waals surface area contributed by atoms with Crippen LogP contribution in [0, 0.1) is 41.4 Å². The molecule has 2 aliphatic rings. The number of rotatable bonds is 10. The topological polar surface area (TPSA) is 63.6 Å². The highest BCUT2D eigenvalue weighted by Gasteiger charge is 2.41. The van der Waals surface area contributed by atoms with Gasteiger partial charge in [0, 0.05) is 12.3 Å². The van der Waals surface area contributed by atoms with E-state index in [1.807, 2.05) is 20.8 Å². The molecule has 170 valence electrons. The van der Waals surface area contributed by atoms with Gasteiger partial charge in [-0.3, -0.25) is 9.59 Å². The Bertz CT molecular complexity index is 649. The lowest BCUT2D eigenvalue weighted by Gasteiger charge is -2.43. The molecule has 4 nitrogen and oxygen atoms in total. The highest BCUT2D eigenvalue weighted by Crippen LogP contribution is 2.45. The average molecular weight is 419 g/mol. The second-order valence-corrected chi connectivity index (χ2v) is 10.2. The van der Waals surface area contributed by atoms with Crippen molar-refractivity contribution in [3.8, 4) is 0 Å². The third kappa shape index (κ3) is 6.72. The summed E-state index contributed by atoms with van der Waals surface area (Å²) >= 11 is 0. The Kier molecular flexibility index (Phi) is 9.18. The van der Waals surface area contributed by atoms with Crippen molar-refractivity contribution in [3.05, 3.63) is 23.8 Å². The zero-order valence-corrected chi connectivity index (χ0v) is 19.8. The Morgan fingerprint density at radius 1 is 1.20 bits per heavy atom. The van der Waals surface area contributed by atoms with Crippen molar-refractivity contribution >= 4 is 11.9 Å². The molecule has 0 fully saturated rings. The van der Waals surface area contributed by atoms with Crippen molar-refractivity contribution in [2.75, 3.05) is 0 Å². The van der Waals surface area contributed by atoms with Crippen molar-refractivity contribution in [2.24, 2.45) is 41.4 Å². The monoisotopic (exact) mass is 418 g/mol. The van der Waals surface area contributed by atoms with Gasteiger partial charge in [0.15, 0.2) is 0 Å². The zero-order chi connectivity index (χ0) is 22.4. The predicted molar refractivity (Wildman–Crippen MR) is 121 cm³/mol. The van der Waals surface area contributed by atoms with Crippen LogP contribution in [0.1, 0.15) is 80.1 Å². The number of ether oxygens (including phenoxy) is 1. The highest BCUT2D eigenvalue weighted by atomic mass is 16.5. The number of hydrogen-bond donors (Lipinski definition) is 1. The van der Waals surface area contributed by atoms with Gasteiger partial charge in [0.25, 0.3) is 0 Å². The Balaban J connectivity index is 2.09. The fourth-order valence-electron chi connectivity index (χ4n) is 5.32. The number of carbonyl (C=O) groups is 2. The molecule has 0 saturated carbocycles. The van der Waals surface area contributed by atoms with E-state index in [2.05, 4.69) is 39.0 Å². The maximum absolute atomic E-state index is 12.6. The fraction of sp³-hybridized carbons (Fsp3) is 0.769. The number of allylic oxidation sites excluding steroid dienone is 3. The van der Waals surface area contributed by atoms with Gasteiger partial charge in [-0.15, -0.1) is 0 Å². The van der Waals surface area contributed by atoms with Crippen molar-refractivity contribution in [3.63, 3.8) is 0 Å². The summed E-state index contributed by atoms with van der Waals surface area (Å²) in [5.74, 6) is 1.48. The molecule has 0 saturated heterocycles. The molecule has 0 bridgehead atoms. The van der Waals surface area contributed by atoms with Gasteiger partial charge in [-0.25, -0.2) is 0 Å². The first-order valence-corrected chi connectivity index (χ1v) is 11.9. The minimum absolute atomic E-state index is 0.0415. The molecule has 0 spiro atoms. The van der Waals surface area contributed by atoms with Gasteiger partial charge in [0.1, 0.15) is 6.10 Å². The largest absolute Gasteiger partial charge is 0.481 e. The number of carboxylic acid groups (broad SMARTS) is 1. The predicted octanol–water partition coefficient (Wildman–Crippen LogP) is 6.27. The summed E-state index contributed by atoms with van der Waals surface area (Å²) in [6, 6.07) is 0. The molecule has 0 radical (unpaired) electrons. The first-order valence-electron chi connectivity index (χ1n) is 11.9. The van der Waals surface area contributed by atoms with Crippen LogP contribution in [0.5, 0.6) is 0 Å². The maximum Gasteiger partial charge on any atom is 0.308 e. The van der Waals surface area contributed by atoms with E-state index in [4.69, 9.17) is 9.84 Å². The van der Waals surface area contributed by atoms with Crippen LogP contribution in [-0.2, 0) is 14.3 Å². The van der Waals surface area contributed by atoms with Crippen LogP contribution in [0.15, 0.2) is 23.8 Å². The third-order valence-electron chi connectivity index (χ3n) is 7.20. The van der Waals surface area contributed by atoms with E-state index < -0.39 is 5.97 Å². The van der Waals surface area contributed by atoms with Crippen molar-refractivity contribution in [1.82, 2.24) is 0 Å². The molecule has 30 heavy (non-hydrogen) atoms. The summed E-state index contributed by atoms with van der Waals surface area (Å²) in [6.07, 6.45) is 12.0. The lowest BCUT2D eigenvalue weighted by molar-refractivity contribution is -0.158. The summed E-state index contributed by atoms with van der Waals surface area (Å²) in [5, 5.41) is 9.02. The number of carbonyl (C=O) groups excluding carboxylic acids is 1. The summed E-state index contributed by atoms with van der Waals surface area (Å²) in [7, 11) is 0. The quantitative estimate of drug-likeness (QED) is 0.425. The maximum atomic E-state index is 12.6. The van der Waals surface area contributed by atoms with Crippen LogP contribution >= 0.6 is 0 Å². The van der Waals surface area contributed by atoms with E-state index in [1.54, 1.807) is 0 Å². The molecule has 2 aliphatic carbocycles. The molecule has 0 aromatic rings. The van der Waals surface area contributed by atoms with Crippen LogP contribution in [0.3, 0.4) is 0 Å². The Hall–Kier alpha value is -1.58. The molecule has 4 heteroatoms. The van der Waals surface area contributed by atoms with Gasteiger partial charge in [-0.1, -0.05) is 66.2 Å². The van der Waals surface area contributed by atoms with Crippen molar-refractivity contribution < 1.29 is 19.4 Å². The standard InChI is InChI=1S/C26H42O4/c1-7-19(5)26(29)30-23-14-18(4)13-21-10-9-20(6)22(25(21)23)11-8-16(2)12-17(3)15-24(27)28/h9-10,13,16-20,22-23,25H,7-8,11-12,14-15H2,1-6H3,(H,27,28). The van der Waals surface area contributed by atoms with Gasteiger partial charge >= 0.3 is 11.9 Å². The highest BCUT2D eigenvalue weighted by molar-refractivity contribution is 5.72. The Morgan fingerprint density at radius 2 is 1.90 bits per heavy atom. The molecule has 8 unspecified atom stereocenters. The molecular weight excluding hydrogens is 376 g/mol. The second-order valence-electron chi connectivity index (χ2n) is 10.2. The lowest BCUT2D eigenvalue weighted by atomic mass is 9.65. The van der Waals surface area contributed by atoms with E-state index in [-0.39, 0.29) is 36.2 Å². The van der Waals surface area contributed by atoms with Crippen LogP contribution < -0.4 is 0 Å². The average Bonchev–Trinajstić information content (AvgIpc) is 2.65. The second kappa shape index (κ2) is 11.2. The van der Waals surface area contributed by atoms with Gasteiger partial charge in [-0.05, 0) is 60.8 Å². The van der Waals surface area contributed by atoms with Gasteiger partial charge in [-0.2, -0.15) is 0 Å². The molecule has 1 N–H and O–H groups in total. The molecule has 0 aromatic heterocycles. The molecule has 0 heterocycles. The Labute approximate surface area is 183 Å². The van der Waals surface area contributed by atoms with E-state index in [1.165, 1.54) is 5.57 Å². The smallest absolute Gasteiger partial charge is 0.308 e. The normalized spacial score (nSPS) is 31.3. The first kappa shape index (κ1) is 24.7. The minimum atomic E-state index is -0.710. The number of aliphatic carboxylic acids is 1. The molecule has 0 amide bonds. The van der Waals surface area contributed by atoms with Crippen molar-refractivity contribution in [2.45, 2.75) is 86.2 Å². The summed E-state index contributed by atoms with van der Waals surface area (Å²) in [4.78, 5) is 23.5. The molecule has 8 atom stereocenters. The van der Waals surface area contributed by atoms with Crippen LogP contribution in [0.4, 0.5) is 0 Å². The number of carboxylic acids is 1. The van der Waals surface area contributed by atoms with Gasteiger partial charge in [0.2, 0.25) is 0 Å². The van der Waals surface area contributed by atoms with Gasteiger partial charge in [0.05, 0.1) is 5.92 Å². The Morgan fingerprint density at radius 3 is 2.53 bits per heavy atom. The minimum Gasteiger partial charge on any atom is -0.481 e.